The van der Waals surface area contributed by atoms with Gasteiger partial charge in [-0.2, -0.15) is 0 Å². The fraction of sp³-hybridized carbons (Fsp3) is 0.333. The molecule has 0 aliphatic carbocycles. The number of ether oxygens (including phenoxy) is 2. The van der Waals surface area contributed by atoms with Crippen LogP contribution in [0.3, 0.4) is 0 Å². The molecule has 142 valence electrons. The van der Waals surface area contributed by atoms with E-state index in [-0.39, 0.29) is 19.6 Å². The number of hydrogen-bond donors (Lipinski definition) is 1. The van der Waals surface area contributed by atoms with Crippen LogP contribution in [-0.2, 0) is 19.1 Å². The third-order valence-electron chi connectivity index (χ3n) is 4.20. The molecule has 0 saturated carbocycles. The summed E-state index contributed by atoms with van der Waals surface area (Å²) >= 11 is 0. The van der Waals surface area contributed by atoms with Crippen LogP contribution in [0, 0.1) is 0 Å². The predicted molar refractivity (Wildman–Crippen MR) is 93.1 cm³/mol. The summed E-state index contributed by atoms with van der Waals surface area (Å²) in [4.78, 5) is 48.7. The average molecular weight is 374 g/mol. The summed E-state index contributed by atoms with van der Waals surface area (Å²) in [6.07, 6.45) is -0.227. The van der Waals surface area contributed by atoms with E-state index >= 15 is 0 Å². The predicted octanol–water partition coefficient (Wildman–Crippen LogP) is 0.0619. The van der Waals surface area contributed by atoms with E-state index in [0.29, 0.717) is 17.9 Å². The summed E-state index contributed by atoms with van der Waals surface area (Å²) in [5.41, 5.74) is -0.144. The maximum Gasteiger partial charge on any atom is 0.336 e. The summed E-state index contributed by atoms with van der Waals surface area (Å²) in [6.45, 7) is 0.235. The van der Waals surface area contributed by atoms with Crippen LogP contribution in [0.2, 0.25) is 0 Å². The van der Waals surface area contributed by atoms with Gasteiger partial charge in [-0.1, -0.05) is 0 Å². The average Bonchev–Trinajstić information content (AvgIpc) is 2.67. The molecule has 1 N–H and O–H groups in total. The second-order valence-corrected chi connectivity index (χ2v) is 5.92. The molecule has 1 aromatic carbocycles. The lowest BCUT2D eigenvalue weighted by Gasteiger charge is -2.34. The van der Waals surface area contributed by atoms with Gasteiger partial charge in [0.15, 0.2) is 6.61 Å². The number of carbonyl (C=O) groups is 3. The van der Waals surface area contributed by atoms with Crippen molar-refractivity contribution in [2.75, 3.05) is 26.8 Å². The Bertz CT molecular complexity index is 937. The van der Waals surface area contributed by atoms with Crippen LogP contribution in [0.4, 0.5) is 0 Å². The number of carbonyl (C=O) groups excluding carboxylic acids is 3. The van der Waals surface area contributed by atoms with Gasteiger partial charge >= 0.3 is 11.6 Å². The summed E-state index contributed by atoms with van der Waals surface area (Å²) in [7, 11) is 1.22. The summed E-state index contributed by atoms with van der Waals surface area (Å²) < 4.78 is 15.1. The summed E-state index contributed by atoms with van der Waals surface area (Å²) in [5, 5.41) is 3.34. The van der Waals surface area contributed by atoms with Gasteiger partial charge in [-0.05, 0) is 18.2 Å². The molecule has 0 spiro atoms. The minimum absolute atomic E-state index is 0.227. The SMILES string of the molecule is COC(=O)C[C@@H]1C(=O)NCCN1C(=O)COc1ccc2ccc(=O)oc2c1. The standard InChI is InChI=1S/C18H18N2O7/c1-25-17(23)9-13-18(24)19-6-7-20(13)15(21)10-26-12-4-2-11-3-5-16(22)27-14(11)8-12/h2-5,8,13H,6-7,9-10H2,1H3,(H,19,24)/t13-/m1/s1. The van der Waals surface area contributed by atoms with Crippen molar-refractivity contribution < 1.29 is 28.3 Å². The minimum Gasteiger partial charge on any atom is -0.484 e. The van der Waals surface area contributed by atoms with Crippen molar-refractivity contribution in [2.45, 2.75) is 12.5 Å². The molecule has 0 radical (unpaired) electrons. The maximum atomic E-state index is 12.5. The highest BCUT2D eigenvalue weighted by molar-refractivity contribution is 5.92. The molecule has 3 rings (SSSR count). The normalized spacial score (nSPS) is 16.7. The van der Waals surface area contributed by atoms with Gasteiger partial charge in [0.1, 0.15) is 17.4 Å². The molecule has 0 unspecified atom stereocenters. The van der Waals surface area contributed by atoms with Crippen LogP contribution in [0.15, 0.2) is 39.5 Å². The van der Waals surface area contributed by atoms with Gasteiger partial charge in [-0.15, -0.1) is 0 Å². The zero-order chi connectivity index (χ0) is 19.4. The third kappa shape index (κ3) is 4.25. The Balaban J connectivity index is 1.69. The van der Waals surface area contributed by atoms with Crippen LogP contribution >= 0.6 is 0 Å². The number of fused-ring (bicyclic) bond motifs is 1. The summed E-state index contributed by atoms with van der Waals surface area (Å²) in [6, 6.07) is 6.86. The lowest BCUT2D eigenvalue weighted by Crippen LogP contribution is -2.58. The molecule has 1 aromatic heterocycles. The molecule has 0 bridgehead atoms. The van der Waals surface area contributed by atoms with E-state index in [9.17, 15) is 19.2 Å². The van der Waals surface area contributed by atoms with Crippen LogP contribution in [-0.4, -0.2) is 55.5 Å². The van der Waals surface area contributed by atoms with E-state index in [1.165, 1.54) is 24.1 Å². The number of nitrogens with zero attached hydrogens (tertiary/aromatic N) is 1. The van der Waals surface area contributed by atoms with Crippen molar-refractivity contribution in [3.8, 4) is 5.75 Å². The molecule has 2 aromatic rings. The highest BCUT2D eigenvalue weighted by Gasteiger charge is 2.35. The molecule has 1 fully saturated rings. The van der Waals surface area contributed by atoms with Gasteiger partial charge in [-0.3, -0.25) is 14.4 Å². The van der Waals surface area contributed by atoms with Crippen LogP contribution < -0.4 is 15.7 Å². The zero-order valence-corrected chi connectivity index (χ0v) is 14.6. The molecular formula is C18H18N2O7. The number of methoxy groups -OCH3 is 1. The first-order valence-corrected chi connectivity index (χ1v) is 8.28. The lowest BCUT2D eigenvalue weighted by molar-refractivity contribution is -0.151. The monoisotopic (exact) mass is 374 g/mol. The second-order valence-electron chi connectivity index (χ2n) is 5.92. The molecule has 2 amide bonds. The largest absolute Gasteiger partial charge is 0.484 e. The fourth-order valence-corrected chi connectivity index (χ4v) is 2.82. The Hall–Kier alpha value is -3.36. The Labute approximate surface area is 153 Å². The smallest absolute Gasteiger partial charge is 0.336 e. The number of benzene rings is 1. The van der Waals surface area contributed by atoms with Gasteiger partial charge in [-0.25, -0.2) is 4.79 Å². The first-order valence-electron chi connectivity index (χ1n) is 8.28. The Morgan fingerprint density at radius 3 is 2.81 bits per heavy atom. The maximum absolute atomic E-state index is 12.5. The van der Waals surface area contributed by atoms with Crippen molar-refractivity contribution in [3.05, 3.63) is 40.8 Å². The van der Waals surface area contributed by atoms with Crippen LogP contribution in [0.5, 0.6) is 5.75 Å². The summed E-state index contributed by atoms with van der Waals surface area (Å²) in [5.74, 6) is -1.09. The van der Waals surface area contributed by atoms with Crippen molar-refractivity contribution >= 4 is 28.8 Å². The van der Waals surface area contributed by atoms with Crippen LogP contribution in [0.1, 0.15) is 6.42 Å². The minimum atomic E-state index is -0.933. The molecule has 1 atom stereocenters. The second kappa shape index (κ2) is 7.90. The van der Waals surface area contributed by atoms with Gasteiger partial charge in [0.25, 0.3) is 5.91 Å². The first-order chi connectivity index (χ1) is 13.0. The van der Waals surface area contributed by atoms with Gasteiger partial charge < -0.3 is 24.1 Å². The van der Waals surface area contributed by atoms with Gasteiger partial charge in [0.2, 0.25) is 5.91 Å². The molecule has 9 heteroatoms. The van der Waals surface area contributed by atoms with Gasteiger partial charge in [0.05, 0.1) is 13.5 Å². The number of esters is 1. The third-order valence-corrected chi connectivity index (χ3v) is 4.20. The Kier molecular flexibility index (Phi) is 5.39. The molecule has 1 aliphatic heterocycles. The van der Waals surface area contributed by atoms with E-state index in [0.717, 1.165) is 5.39 Å². The number of piperazine rings is 1. The number of rotatable bonds is 5. The quantitative estimate of drug-likeness (QED) is 0.581. The van der Waals surface area contributed by atoms with Crippen molar-refractivity contribution in [2.24, 2.45) is 0 Å². The van der Waals surface area contributed by atoms with Crippen molar-refractivity contribution in [3.63, 3.8) is 0 Å². The van der Waals surface area contributed by atoms with E-state index in [2.05, 4.69) is 10.1 Å². The number of hydrogen-bond acceptors (Lipinski definition) is 7. The molecule has 1 aliphatic rings. The highest BCUT2D eigenvalue weighted by Crippen LogP contribution is 2.20. The first kappa shape index (κ1) is 18.4. The number of amides is 2. The molecular weight excluding hydrogens is 356 g/mol. The number of nitrogens with one attached hydrogen (secondary N) is 1. The Morgan fingerprint density at radius 2 is 2.04 bits per heavy atom. The Morgan fingerprint density at radius 1 is 1.26 bits per heavy atom. The van der Waals surface area contributed by atoms with Crippen LogP contribution in [0.25, 0.3) is 11.0 Å². The van der Waals surface area contributed by atoms with E-state index < -0.39 is 29.5 Å². The zero-order valence-electron chi connectivity index (χ0n) is 14.6. The molecule has 27 heavy (non-hydrogen) atoms. The van der Waals surface area contributed by atoms with Gasteiger partial charge in [0, 0.05) is 30.6 Å². The van der Waals surface area contributed by atoms with E-state index in [4.69, 9.17) is 9.15 Å². The van der Waals surface area contributed by atoms with E-state index in [1.54, 1.807) is 18.2 Å². The lowest BCUT2D eigenvalue weighted by atomic mass is 10.1. The fourth-order valence-electron chi connectivity index (χ4n) is 2.82. The van der Waals surface area contributed by atoms with Crippen molar-refractivity contribution in [1.29, 1.82) is 0 Å². The van der Waals surface area contributed by atoms with E-state index in [1.807, 2.05) is 0 Å². The van der Waals surface area contributed by atoms with Crippen molar-refractivity contribution in [1.82, 2.24) is 10.2 Å². The molecule has 9 nitrogen and oxygen atoms in total. The highest BCUT2D eigenvalue weighted by atomic mass is 16.5. The topological polar surface area (TPSA) is 115 Å². The molecule has 2 heterocycles. The molecule has 1 saturated heterocycles.